The molecule has 0 aliphatic heterocycles. The maximum absolute atomic E-state index is 11.3. The van der Waals surface area contributed by atoms with Crippen molar-refractivity contribution in [3.8, 4) is 0 Å². The van der Waals surface area contributed by atoms with Crippen LogP contribution in [0, 0.1) is 5.92 Å². The van der Waals surface area contributed by atoms with Gasteiger partial charge in [0.2, 0.25) is 7.37 Å². The Morgan fingerprint density at radius 1 is 1.27 bits per heavy atom. The highest BCUT2D eigenvalue weighted by molar-refractivity contribution is 7.58. The Morgan fingerprint density at radius 2 is 1.64 bits per heavy atom. The van der Waals surface area contributed by atoms with Crippen molar-refractivity contribution in [3.63, 3.8) is 0 Å². The largest absolute Gasteiger partial charge is 0.344 e. The minimum Gasteiger partial charge on any atom is -0.344 e. The fourth-order valence-corrected chi connectivity index (χ4v) is 2.20. The van der Waals surface area contributed by atoms with E-state index in [2.05, 4.69) is 0 Å². The minimum atomic E-state index is -2.82. The molecular weight excluding hydrogens is 174 g/mol. The second kappa shape index (κ2) is 5.38. The van der Waals surface area contributed by atoms with Crippen LogP contribution < -0.4 is 0 Å². The Bertz CT molecular complexity index is 145. The van der Waals surface area contributed by atoms with E-state index in [1.54, 1.807) is 13.8 Å². The molecule has 0 heterocycles. The molecular formula is C7H20AlO2P. The molecule has 0 radical (unpaired) electrons. The first kappa shape index (κ1) is 14.3. The fraction of sp³-hybridized carbons (Fsp3) is 1.00. The maximum atomic E-state index is 11.3. The molecule has 68 valence electrons. The Kier molecular flexibility index (Phi) is 6.98. The number of hydrogen-bond acceptors (Lipinski definition) is 1. The second-order valence-electron chi connectivity index (χ2n) is 3.43. The second-order valence-corrected chi connectivity index (χ2v) is 6.33. The molecule has 0 saturated heterocycles. The molecule has 1 unspecified atom stereocenters. The van der Waals surface area contributed by atoms with E-state index < -0.39 is 7.37 Å². The van der Waals surface area contributed by atoms with Crippen LogP contribution >= 0.6 is 7.37 Å². The highest BCUT2D eigenvalue weighted by atomic mass is 31.2. The first-order valence-corrected chi connectivity index (χ1v) is 5.59. The van der Waals surface area contributed by atoms with Gasteiger partial charge in [-0.3, -0.25) is 4.57 Å². The summed E-state index contributed by atoms with van der Waals surface area (Å²) in [6.07, 6.45) is 0.449. The van der Waals surface area contributed by atoms with Crippen LogP contribution in [0.25, 0.3) is 0 Å². The molecule has 2 nitrogen and oxygen atoms in total. The predicted octanol–water partition coefficient (Wildman–Crippen LogP) is 1.14. The maximum Gasteiger partial charge on any atom is 0.203 e. The minimum absolute atomic E-state index is 0. The normalized spacial score (nSPS) is 16.3. The van der Waals surface area contributed by atoms with E-state index in [-0.39, 0.29) is 23.0 Å². The predicted molar refractivity (Wildman–Crippen MR) is 54.6 cm³/mol. The van der Waals surface area contributed by atoms with Crippen molar-refractivity contribution in [3.05, 3.63) is 0 Å². The third kappa shape index (κ3) is 5.94. The van der Waals surface area contributed by atoms with Crippen LogP contribution in [0.1, 0.15) is 27.7 Å². The van der Waals surface area contributed by atoms with E-state index >= 15 is 0 Å². The summed E-state index contributed by atoms with van der Waals surface area (Å²) in [5.41, 5.74) is -0.0881. The lowest BCUT2D eigenvalue weighted by Crippen LogP contribution is -2.05. The third-order valence-electron chi connectivity index (χ3n) is 1.43. The van der Waals surface area contributed by atoms with Crippen molar-refractivity contribution in [2.24, 2.45) is 5.92 Å². The zero-order chi connectivity index (χ0) is 8.36. The molecule has 0 amide bonds. The van der Waals surface area contributed by atoms with Gasteiger partial charge in [0, 0.05) is 11.8 Å². The van der Waals surface area contributed by atoms with Crippen LogP contribution in [0.5, 0.6) is 0 Å². The summed E-state index contributed by atoms with van der Waals surface area (Å²) in [4.78, 5) is 9.32. The monoisotopic (exact) mass is 194 g/mol. The van der Waals surface area contributed by atoms with E-state index in [4.69, 9.17) is 0 Å². The average molecular weight is 194 g/mol. The van der Waals surface area contributed by atoms with E-state index in [0.29, 0.717) is 12.1 Å². The Labute approximate surface area is 80.0 Å². The lowest BCUT2D eigenvalue weighted by atomic mass is 10.3. The van der Waals surface area contributed by atoms with Crippen molar-refractivity contribution in [1.29, 1.82) is 0 Å². The van der Waals surface area contributed by atoms with E-state index in [1.165, 1.54) is 0 Å². The Balaban J connectivity index is 0. The van der Waals surface area contributed by atoms with Gasteiger partial charge in [0.15, 0.2) is 17.4 Å². The molecule has 0 saturated carbocycles. The first-order valence-electron chi connectivity index (χ1n) is 3.67. The van der Waals surface area contributed by atoms with Gasteiger partial charge in [-0.15, -0.1) is 0 Å². The molecule has 0 aliphatic carbocycles. The van der Waals surface area contributed by atoms with Crippen molar-refractivity contribution in [1.82, 2.24) is 0 Å². The highest BCUT2D eigenvalue weighted by Gasteiger charge is 2.23. The standard InChI is InChI=1S/C7H17O2P.Al.3H/c1-6(2)5-10(8,9)7(3)4;;;;/h6-7H,5H2,1-4H3,(H,8,9);;;;. The van der Waals surface area contributed by atoms with Gasteiger partial charge in [0.25, 0.3) is 0 Å². The average Bonchev–Trinajstić information content (AvgIpc) is 1.60. The molecule has 0 aromatic carbocycles. The molecule has 0 aromatic rings. The van der Waals surface area contributed by atoms with Crippen molar-refractivity contribution < 1.29 is 9.46 Å². The van der Waals surface area contributed by atoms with Crippen molar-refractivity contribution >= 4 is 24.7 Å². The van der Waals surface area contributed by atoms with Gasteiger partial charge in [-0.2, -0.15) is 0 Å². The Hall–Kier alpha value is 0.722. The Morgan fingerprint density at radius 3 is 1.73 bits per heavy atom. The smallest absolute Gasteiger partial charge is 0.203 e. The summed E-state index contributed by atoms with van der Waals surface area (Å²) < 4.78 is 11.3. The van der Waals surface area contributed by atoms with Gasteiger partial charge >= 0.3 is 0 Å². The third-order valence-corrected chi connectivity index (χ3v) is 4.30. The lowest BCUT2D eigenvalue weighted by molar-refractivity contribution is 0.459. The number of rotatable bonds is 3. The highest BCUT2D eigenvalue weighted by Crippen LogP contribution is 2.47. The molecule has 0 rings (SSSR count). The SMILES string of the molecule is CC(C)CP(=O)(O)C(C)C.[AlH3]. The van der Waals surface area contributed by atoms with Crippen LogP contribution in [-0.4, -0.2) is 34.1 Å². The van der Waals surface area contributed by atoms with Gasteiger partial charge in [-0.1, -0.05) is 27.7 Å². The van der Waals surface area contributed by atoms with Crippen molar-refractivity contribution in [2.45, 2.75) is 33.4 Å². The van der Waals surface area contributed by atoms with Gasteiger partial charge in [0.1, 0.15) is 0 Å². The van der Waals surface area contributed by atoms with E-state index in [0.717, 1.165) is 0 Å². The number of hydrogen-bond donors (Lipinski definition) is 1. The molecule has 0 bridgehead atoms. The molecule has 0 spiro atoms. The van der Waals surface area contributed by atoms with Crippen LogP contribution in [0.2, 0.25) is 0 Å². The topological polar surface area (TPSA) is 37.3 Å². The summed E-state index contributed by atoms with van der Waals surface area (Å²) in [6, 6.07) is 0. The first-order chi connectivity index (χ1) is 4.36. The fourth-order valence-electron chi connectivity index (χ4n) is 0.734. The summed E-state index contributed by atoms with van der Waals surface area (Å²) in [5.74, 6) is 0.318. The summed E-state index contributed by atoms with van der Waals surface area (Å²) in [6.45, 7) is 7.52. The quantitative estimate of drug-likeness (QED) is 0.540. The van der Waals surface area contributed by atoms with Gasteiger partial charge in [-0.05, 0) is 5.92 Å². The van der Waals surface area contributed by atoms with Crippen LogP contribution in [0.3, 0.4) is 0 Å². The molecule has 11 heavy (non-hydrogen) atoms. The lowest BCUT2D eigenvalue weighted by Gasteiger charge is -2.16. The van der Waals surface area contributed by atoms with E-state index in [1.807, 2.05) is 13.8 Å². The van der Waals surface area contributed by atoms with Crippen LogP contribution in [0.4, 0.5) is 0 Å². The molecule has 4 heteroatoms. The van der Waals surface area contributed by atoms with Crippen LogP contribution in [0.15, 0.2) is 0 Å². The molecule has 1 atom stereocenters. The molecule has 0 aliphatic rings. The summed E-state index contributed by atoms with van der Waals surface area (Å²) in [5, 5.41) is 0. The van der Waals surface area contributed by atoms with Gasteiger partial charge in [-0.25, -0.2) is 0 Å². The van der Waals surface area contributed by atoms with E-state index in [9.17, 15) is 9.46 Å². The van der Waals surface area contributed by atoms with Gasteiger partial charge < -0.3 is 4.89 Å². The zero-order valence-corrected chi connectivity index (χ0v) is 8.06. The summed E-state index contributed by atoms with van der Waals surface area (Å²) in [7, 11) is -2.82. The molecule has 0 aromatic heterocycles. The van der Waals surface area contributed by atoms with Crippen LogP contribution in [-0.2, 0) is 4.57 Å². The summed E-state index contributed by atoms with van der Waals surface area (Å²) >= 11 is 0. The molecule has 0 fully saturated rings. The van der Waals surface area contributed by atoms with Gasteiger partial charge in [0.05, 0.1) is 0 Å². The van der Waals surface area contributed by atoms with Crippen molar-refractivity contribution in [2.75, 3.05) is 6.16 Å². The zero-order valence-electron chi connectivity index (χ0n) is 7.16. The molecule has 1 N–H and O–H groups in total.